The number of halogens is 9. The van der Waals surface area contributed by atoms with Gasteiger partial charge in [-0.2, -0.15) is 26.3 Å². The molecule has 17 heavy (non-hydrogen) atoms. The highest BCUT2D eigenvalue weighted by molar-refractivity contribution is 4.91. The third kappa shape index (κ3) is 3.15. The molecule has 0 saturated carbocycles. The van der Waals surface area contributed by atoms with Crippen LogP contribution < -0.4 is 0 Å². The van der Waals surface area contributed by atoms with E-state index in [1.54, 1.807) is 0 Å². The van der Waals surface area contributed by atoms with Crippen molar-refractivity contribution in [3.05, 3.63) is 0 Å². The van der Waals surface area contributed by atoms with Crippen LogP contribution in [-0.2, 0) is 4.74 Å². The first-order chi connectivity index (χ1) is 7.39. The highest BCUT2D eigenvalue weighted by atomic mass is 19.4. The van der Waals surface area contributed by atoms with E-state index in [2.05, 4.69) is 4.74 Å². The highest BCUT2D eigenvalue weighted by Crippen LogP contribution is 2.46. The van der Waals surface area contributed by atoms with Crippen molar-refractivity contribution >= 4 is 0 Å². The average molecular weight is 280 g/mol. The van der Waals surface area contributed by atoms with Gasteiger partial charge in [0.2, 0.25) is 0 Å². The molecule has 0 aromatic rings. The fraction of sp³-hybridized carbons (Fsp3) is 1.00. The Labute approximate surface area is 88.0 Å². The van der Waals surface area contributed by atoms with Crippen LogP contribution in [0.25, 0.3) is 0 Å². The topological polar surface area (TPSA) is 29.5 Å². The van der Waals surface area contributed by atoms with Crippen LogP contribution in [0.15, 0.2) is 0 Å². The molecule has 0 aromatic heterocycles. The van der Waals surface area contributed by atoms with Crippen LogP contribution in [0.5, 0.6) is 0 Å². The van der Waals surface area contributed by atoms with Crippen molar-refractivity contribution < 1.29 is 49.4 Å². The summed E-state index contributed by atoms with van der Waals surface area (Å²) in [5.41, 5.74) is 0. The molecule has 0 heterocycles. The molecule has 0 spiro atoms. The normalized spacial score (nSPS) is 16.4. The van der Waals surface area contributed by atoms with Gasteiger partial charge in [0.15, 0.2) is 0 Å². The van der Waals surface area contributed by atoms with Crippen molar-refractivity contribution in [2.45, 2.75) is 30.7 Å². The molecule has 0 radical (unpaired) electrons. The first-order valence-corrected chi connectivity index (χ1v) is 3.73. The lowest BCUT2D eigenvalue weighted by Crippen LogP contribution is -2.58. The first kappa shape index (κ1) is 16.3. The fourth-order valence-corrected chi connectivity index (χ4v) is 0.579. The molecule has 0 rings (SSSR count). The molecule has 0 aliphatic heterocycles. The van der Waals surface area contributed by atoms with Gasteiger partial charge in [0.25, 0.3) is 12.8 Å². The van der Waals surface area contributed by atoms with Crippen LogP contribution in [-0.4, -0.2) is 42.5 Å². The predicted octanol–water partition coefficient (Wildman–Crippen LogP) is 2.42. The molecule has 0 amide bonds. The Morgan fingerprint density at radius 3 is 1.65 bits per heavy atom. The van der Waals surface area contributed by atoms with Gasteiger partial charge in [0.1, 0.15) is 6.61 Å². The van der Waals surface area contributed by atoms with Gasteiger partial charge < -0.3 is 5.11 Å². The van der Waals surface area contributed by atoms with E-state index < -0.39 is 37.3 Å². The molecule has 1 unspecified atom stereocenters. The lowest BCUT2D eigenvalue weighted by atomic mass is 10.1. The van der Waals surface area contributed by atoms with Gasteiger partial charge in [-0.1, -0.05) is 0 Å². The van der Waals surface area contributed by atoms with Crippen molar-refractivity contribution in [2.75, 3.05) is 6.61 Å². The van der Waals surface area contributed by atoms with Gasteiger partial charge in [-0.05, 0) is 0 Å². The number of ether oxygens (including phenoxy) is 1. The second-order valence-electron chi connectivity index (χ2n) is 2.76. The van der Waals surface area contributed by atoms with E-state index in [-0.39, 0.29) is 0 Å². The summed E-state index contributed by atoms with van der Waals surface area (Å²) >= 11 is 0. The summed E-state index contributed by atoms with van der Waals surface area (Å²) in [4.78, 5) is 0. The van der Waals surface area contributed by atoms with Gasteiger partial charge in [-0.3, -0.25) is 4.74 Å². The first-order valence-electron chi connectivity index (χ1n) is 3.73. The van der Waals surface area contributed by atoms with Crippen molar-refractivity contribution in [2.24, 2.45) is 0 Å². The minimum atomic E-state index is -6.35. The zero-order valence-corrected chi connectivity index (χ0v) is 7.62. The van der Waals surface area contributed by atoms with Gasteiger partial charge in [-0.25, -0.2) is 13.2 Å². The van der Waals surface area contributed by atoms with Crippen molar-refractivity contribution in [1.82, 2.24) is 0 Å². The molecule has 0 aliphatic carbocycles. The largest absolute Gasteiger partial charge is 0.428 e. The molecule has 2 nitrogen and oxygen atoms in total. The molecule has 1 atom stereocenters. The van der Waals surface area contributed by atoms with Crippen molar-refractivity contribution in [1.29, 1.82) is 0 Å². The highest BCUT2D eigenvalue weighted by Gasteiger charge is 2.73. The van der Waals surface area contributed by atoms with Crippen LogP contribution in [0.1, 0.15) is 0 Å². The molecular formula is C6H5F9O2. The van der Waals surface area contributed by atoms with E-state index in [0.717, 1.165) is 0 Å². The summed E-state index contributed by atoms with van der Waals surface area (Å²) < 4.78 is 111. The van der Waals surface area contributed by atoms with Gasteiger partial charge in [0.05, 0.1) is 0 Å². The number of aliphatic hydroxyl groups excluding tert-OH is 1. The van der Waals surface area contributed by atoms with E-state index >= 15 is 0 Å². The zero-order chi connectivity index (χ0) is 14.1. The summed E-state index contributed by atoms with van der Waals surface area (Å²) in [5, 5.41) is 7.78. The quantitative estimate of drug-likeness (QED) is 0.757. The Balaban J connectivity index is 5.03. The SMILES string of the molecule is OCC(F)(F)C(F)(F)C(F)(F)OC(F)C(F)F. The maximum atomic E-state index is 12.4. The second-order valence-corrected chi connectivity index (χ2v) is 2.76. The summed E-state index contributed by atoms with van der Waals surface area (Å²) in [6.07, 6.45) is -14.6. The predicted molar refractivity (Wildman–Crippen MR) is 33.9 cm³/mol. The average Bonchev–Trinajstić information content (AvgIpc) is 2.16. The Bertz CT molecular complexity index is 254. The fourth-order valence-electron chi connectivity index (χ4n) is 0.579. The van der Waals surface area contributed by atoms with Crippen molar-refractivity contribution in [3.63, 3.8) is 0 Å². The van der Waals surface area contributed by atoms with E-state index in [9.17, 15) is 39.5 Å². The molecule has 11 heteroatoms. The molecule has 0 aliphatic rings. The van der Waals surface area contributed by atoms with Gasteiger partial charge in [-0.15, -0.1) is 0 Å². The van der Waals surface area contributed by atoms with Crippen LogP contribution in [0.3, 0.4) is 0 Å². The standard InChI is InChI=1S/C6H5F9O2/c7-2(8)3(9)17-6(14,15)5(12,13)4(10,11)1-16/h2-3,16H,1H2. The number of rotatable bonds is 6. The van der Waals surface area contributed by atoms with Crippen LogP contribution >= 0.6 is 0 Å². The molecule has 0 aromatic carbocycles. The second kappa shape index (κ2) is 4.88. The van der Waals surface area contributed by atoms with Gasteiger partial charge >= 0.3 is 18.0 Å². The van der Waals surface area contributed by atoms with E-state index in [0.29, 0.717) is 0 Å². The zero-order valence-electron chi connectivity index (χ0n) is 7.62. The summed E-state index contributed by atoms with van der Waals surface area (Å²) in [6, 6.07) is 0. The van der Waals surface area contributed by atoms with Crippen LogP contribution in [0, 0.1) is 0 Å². The third-order valence-corrected chi connectivity index (χ3v) is 1.48. The Kier molecular flexibility index (Phi) is 4.68. The maximum absolute atomic E-state index is 12.4. The van der Waals surface area contributed by atoms with E-state index in [1.165, 1.54) is 0 Å². The van der Waals surface area contributed by atoms with Crippen molar-refractivity contribution in [3.8, 4) is 0 Å². The lowest BCUT2D eigenvalue weighted by molar-refractivity contribution is -0.426. The minimum absolute atomic E-state index is 2.26. The smallest absolute Gasteiger partial charge is 0.390 e. The monoisotopic (exact) mass is 280 g/mol. The summed E-state index contributed by atoms with van der Waals surface area (Å²) in [6.45, 7) is -2.70. The molecule has 0 fully saturated rings. The Morgan fingerprint density at radius 2 is 1.35 bits per heavy atom. The summed E-state index contributed by atoms with van der Waals surface area (Å²) in [5.74, 6) is -12.0. The molecular weight excluding hydrogens is 275 g/mol. The van der Waals surface area contributed by atoms with Crippen LogP contribution in [0.2, 0.25) is 0 Å². The minimum Gasteiger partial charge on any atom is -0.390 e. The molecule has 0 bridgehead atoms. The number of hydrogen-bond acceptors (Lipinski definition) is 2. The Morgan fingerprint density at radius 1 is 0.941 bits per heavy atom. The number of alkyl halides is 9. The Hall–Kier alpha value is -0.710. The van der Waals surface area contributed by atoms with Gasteiger partial charge in [0, 0.05) is 0 Å². The molecule has 0 saturated heterocycles. The van der Waals surface area contributed by atoms with E-state index in [4.69, 9.17) is 5.11 Å². The number of aliphatic hydroxyl groups is 1. The molecule has 104 valence electrons. The number of hydrogen-bond donors (Lipinski definition) is 1. The lowest BCUT2D eigenvalue weighted by Gasteiger charge is -2.31. The third-order valence-electron chi connectivity index (χ3n) is 1.48. The van der Waals surface area contributed by atoms with Crippen LogP contribution in [0.4, 0.5) is 39.5 Å². The maximum Gasteiger partial charge on any atom is 0.428 e. The summed E-state index contributed by atoms with van der Waals surface area (Å²) in [7, 11) is 0. The molecule has 1 N–H and O–H groups in total. The van der Waals surface area contributed by atoms with E-state index in [1.807, 2.05) is 0 Å².